The number of rotatable bonds is 11. The second-order valence-electron chi connectivity index (χ2n) is 5.63. The smallest absolute Gasteiger partial charge is 0.0771 e. The van der Waals surface area contributed by atoms with Gasteiger partial charge in [-0.1, -0.05) is 70.6 Å². The Morgan fingerprint density at radius 3 is 2.10 bits per heavy atom. The summed E-state index contributed by atoms with van der Waals surface area (Å²) in [5.74, 6) is 6.10. The molecule has 112 valence electrons. The van der Waals surface area contributed by atoms with Gasteiger partial charge >= 0.3 is 0 Å². The summed E-state index contributed by atoms with van der Waals surface area (Å²) in [6.07, 6.45) is 15.4. The van der Waals surface area contributed by atoms with Crippen LogP contribution in [-0.4, -0.2) is 0 Å². The lowest BCUT2D eigenvalue weighted by atomic mass is 10.0. The number of hydrogen-bond donors (Lipinski definition) is 0. The van der Waals surface area contributed by atoms with Crippen molar-refractivity contribution in [1.29, 1.82) is 0 Å². The lowest BCUT2D eigenvalue weighted by Crippen LogP contribution is -1.84. The lowest BCUT2D eigenvalue weighted by molar-refractivity contribution is 0.556. The van der Waals surface area contributed by atoms with E-state index in [-0.39, 0.29) is 0 Å². The Bertz CT molecular complexity index is 391. The van der Waals surface area contributed by atoms with E-state index in [1.54, 1.807) is 11.3 Å². The Labute approximate surface area is 130 Å². The second-order valence-corrected chi connectivity index (χ2v) is 6.54. The molecule has 0 bridgehead atoms. The Balaban J connectivity index is 1.92. The van der Waals surface area contributed by atoms with E-state index in [4.69, 9.17) is 0 Å². The van der Waals surface area contributed by atoms with Crippen molar-refractivity contribution in [2.75, 3.05) is 0 Å². The third-order valence-corrected chi connectivity index (χ3v) is 4.62. The topological polar surface area (TPSA) is 0 Å². The van der Waals surface area contributed by atoms with E-state index in [0.717, 1.165) is 0 Å². The molecular formula is C19H30S. The van der Waals surface area contributed by atoms with E-state index < -0.39 is 0 Å². The zero-order chi connectivity index (χ0) is 14.5. The fraction of sp³-hybridized carbons (Fsp3) is 0.684. The van der Waals surface area contributed by atoms with E-state index in [1.165, 1.54) is 81.1 Å². The summed E-state index contributed by atoms with van der Waals surface area (Å²) in [6, 6.07) is 2.26. The van der Waals surface area contributed by atoms with Crippen molar-refractivity contribution in [3.63, 3.8) is 0 Å². The van der Waals surface area contributed by atoms with Gasteiger partial charge in [0, 0.05) is 0 Å². The van der Waals surface area contributed by atoms with Gasteiger partial charge in [0.15, 0.2) is 0 Å². The van der Waals surface area contributed by atoms with E-state index in [0.29, 0.717) is 0 Å². The summed E-state index contributed by atoms with van der Waals surface area (Å²) in [5, 5.41) is 2.27. The van der Waals surface area contributed by atoms with Gasteiger partial charge < -0.3 is 0 Å². The van der Waals surface area contributed by atoms with Crippen LogP contribution in [0.5, 0.6) is 0 Å². The summed E-state index contributed by atoms with van der Waals surface area (Å²) in [7, 11) is 0. The molecular weight excluding hydrogens is 260 g/mol. The number of unbranched alkanes of at least 4 members (excludes halogenated alkanes) is 9. The van der Waals surface area contributed by atoms with Crippen molar-refractivity contribution in [3.05, 3.63) is 21.9 Å². The first kappa shape index (κ1) is 17.3. The fourth-order valence-corrected chi connectivity index (χ4v) is 3.36. The van der Waals surface area contributed by atoms with Crippen LogP contribution < -0.4 is 0 Å². The van der Waals surface area contributed by atoms with Gasteiger partial charge in [-0.2, -0.15) is 0 Å². The highest BCUT2D eigenvalue weighted by Crippen LogP contribution is 2.17. The van der Waals surface area contributed by atoms with Gasteiger partial charge in [0.05, 0.1) is 4.88 Å². The van der Waals surface area contributed by atoms with E-state index in [2.05, 4.69) is 30.2 Å². The van der Waals surface area contributed by atoms with Crippen LogP contribution in [0.2, 0.25) is 0 Å². The predicted molar refractivity (Wildman–Crippen MR) is 92.4 cm³/mol. The summed E-state index contributed by atoms with van der Waals surface area (Å²) >= 11 is 1.78. The van der Waals surface area contributed by atoms with Crippen molar-refractivity contribution >= 4 is 11.3 Å². The van der Waals surface area contributed by atoms with E-state index in [9.17, 15) is 0 Å². The molecule has 1 heterocycles. The summed E-state index contributed by atoms with van der Waals surface area (Å²) in [5.41, 5.74) is 1.48. The predicted octanol–water partition coefficient (Wildman–Crippen LogP) is 6.58. The molecule has 1 aromatic heterocycles. The molecule has 0 aromatic carbocycles. The molecule has 0 unspecified atom stereocenters. The molecule has 0 atom stereocenters. The molecule has 0 fully saturated rings. The third kappa shape index (κ3) is 8.43. The van der Waals surface area contributed by atoms with Crippen LogP contribution in [0.3, 0.4) is 0 Å². The first-order valence-electron chi connectivity index (χ1n) is 8.37. The van der Waals surface area contributed by atoms with Crippen LogP contribution in [0.15, 0.2) is 11.4 Å². The monoisotopic (exact) mass is 290 g/mol. The molecule has 0 spiro atoms. The Morgan fingerprint density at radius 1 is 0.900 bits per heavy atom. The van der Waals surface area contributed by atoms with Crippen molar-refractivity contribution < 1.29 is 0 Å². The average molecular weight is 291 g/mol. The van der Waals surface area contributed by atoms with Crippen molar-refractivity contribution in [2.45, 2.75) is 84.5 Å². The minimum atomic E-state index is 1.22. The largest absolute Gasteiger partial charge is 0.135 e. The standard InChI is InChI=1S/C19H30S/c1-3-5-6-7-8-9-10-11-12-13-15-18-16-19(14-4-2)20-17-18/h16-17H,3,5-13,15H2,1-2H3. The average Bonchev–Trinajstić information content (AvgIpc) is 2.89. The minimum absolute atomic E-state index is 1.22. The van der Waals surface area contributed by atoms with Crippen LogP contribution in [0.1, 0.15) is 88.5 Å². The molecule has 0 aliphatic rings. The van der Waals surface area contributed by atoms with Crippen molar-refractivity contribution in [2.24, 2.45) is 0 Å². The molecule has 0 radical (unpaired) electrons. The number of aryl methyl sites for hydroxylation is 1. The first-order valence-corrected chi connectivity index (χ1v) is 9.25. The van der Waals surface area contributed by atoms with Gasteiger partial charge in [-0.15, -0.1) is 17.3 Å². The van der Waals surface area contributed by atoms with Crippen LogP contribution >= 0.6 is 11.3 Å². The molecule has 1 aromatic rings. The van der Waals surface area contributed by atoms with Crippen LogP contribution in [-0.2, 0) is 6.42 Å². The Morgan fingerprint density at radius 2 is 1.50 bits per heavy atom. The molecule has 0 aliphatic heterocycles. The summed E-state index contributed by atoms with van der Waals surface area (Å²) < 4.78 is 0. The SMILES string of the molecule is CC#Cc1cc(CCCCCCCCCCCC)cs1. The van der Waals surface area contributed by atoms with Crippen LogP contribution in [0.4, 0.5) is 0 Å². The van der Waals surface area contributed by atoms with Gasteiger partial charge in [0.1, 0.15) is 0 Å². The maximum atomic E-state index is 3.14. The molecule has 0 amide bonds. The normalized spacial score (nSPS) is 10.3. The van der Waals surface area contributed by atoms with E-state index in [1.807, 2.05) is 6.92 Å². The molecule has 1 rings (SSSR count). The second kappa shape index (κ2) is 12.0. The summed E-state index contributed by atoms with van der Waals surface area (Å²) in [6.45, 7) is 4.19. The maximum Gasteiger partial charge on any atom is 0.0771 e. The van der Waals surface area contributed by atoms with Gasteiger partial charge in [-0.05, 0) is 36.8 Å². The highest BCUT2D eigenvalue weighted by Gasteiger charge is 1.98. The van der Waals surface area contributed by atoms with Crippen LogP contribution in [0, 0.1) is 11.8 Å². The van der Waals surface area contributed by atoms with Gasteiger partial charge in [-0.25, -0.2) is 0 Å². The third-order valence-electron chi connectivity index (χ3n) is 3.72. The minimum Gasteiger partial charge on any atom is -0.135 e. The summed E-state index contributed by atoms with van der Waals surface area (Å²) in [4.78, 5) is 1.22. The maximum absolute atomic E-state index is 3.14. The molecule has 20 heavy (non-hydrogen) atoms. The molecule has 0 saturated heterocycles. The molecule has 1 heteroatoms. The molecule has 0 nitrogen and oxygen atoms in total. The Hall–Kier alpha value is -0.740. The Kier molecular flexibility index (Phi) is 10.4. The highest BCUT2D eigenvalue weighted by atomic mass is 32.1. The van der Waals surface area contributed by atoms with Crippen molar-refractivity contribution in [3.8, 4) is 11.8 Å². The van der Waals surface area contributed by atoms with Crippen LogP contribution in [0.25, 0.3) is 0 Å². The fourth-order valence-electron chi connectivity index (χ4n) is 2.51. The quantitative estimate of drug-likeness (QED) is 0.319. The van der Waals surface area contributed by atoms with Gasteiger partial charge in [0.2, 0.25) is 0 Å². The zero-order valence-corrected chi connectivity index (χ0v) is 14.2. The van der Waals surface area contributed by atoms with E-state index >= 15 is 0 Å². The number of hydrogen-bond acceptors (Lipinski definition) is 1. The highest BCUT2D eigenvalue weighted by molar-refractivity contribution is 7.10. The molecule has 0 saturated carbocycles. The van der Waals surface area contributed by atoms with Crippen molar-refractivity contribution in [1.82, 2.24) is 0 Å². The van der Waals surface area contributed by atoms with Gasteiger partial charge in [0.25, 0.3) is 0 Å². The van der Waals surface area contributed by atoms with Gasteiger partial charge in [-0.3, -0.25) is 0 Å². The lowest BCUT2D eigenvalue weighted by Gasteiger charge is -2.01. The first-order chi connectivity index (χ1) is 9.86. The molecule has 0 aliphatic carbocycles. The number of thiophene rings is 1. The zero-order valence-electron chi connectivity index (χ0n) is 13.3. The molecule has 0 N–H and O–H groups in total.